The molecule has 0 saturated heterocycles. The van der Waals surface area contributed by atoms with Crippen LogP contribution in [0.1, 0.15) is 44.1 Å². The van der Waals surface area contributed by atoms with Crippen LogP contribution in [0, 0.1) is 0 Å². The Hall–Kier alpha value is -1.06. The van der Waals surface area contributed by atoms with Crippen molar-refractivity contribution in [2.24, 2.45) is 0 Å². The summed E-state index contributed by atoms with van der Waals surface area (Å²) in [6, 6.07) is 9.03. The molecule has 1 rings (SSSR count). The average molecular weight is 285 g/mol. The van der Waals surface area contributed by atoms with Gasteiger partial charge in [-0.3, -0.25) is 0 Å². The van der Waals surface area contributed by atoms with Crippen LogP contribution in [0.3, 0.4) is 0 Å². The smallest absolute Gasteiger partial charge is 0.339 e. The van der Waals surface area contributed by atoms with Crippen molar-refractivity contribution in [2.45, 2.75) is 44.1 Å². The van der Waals surface area contributed by atoms with Gasteiger partial charge in [0.05, 0.1) is 12.0 Å². The molecule has 0 unspecified atom stereocenters. The van der Waals surface area contributed by atoms with Gasteiger partial charge in [0.25, 0.3) is 0 Å². The Labute approximate surface area is 119 Å². The third-order valence-electron chi connectivity index (χ3n) is 2.98. The van der Waals surface area contributed by atoms with Gasteiger partial charge in [-0.2, -0.15) is 0 Å². The maximum Gasteiger partial charge on any atom is 0.339 e. The van der Waals surface area contributed by atoms with Gasteiger partial charge in [-0.15, -0.1) is 11.6 Å². The summed E-state index contributed by atoms with van der Waals surface area (Å²) in [5, 5.41) is 9.43. The number of ether oxygens (including phenoxy) is 1. The predicted molar refractivity (Wildman–Crippen MR) is 76.1 cm³/mol. The maximum absolute atomic E-state index is 11.9. The topological polar surface area (TPSA) is 46.5 Å². The van der Waals surface area contributed by atoms with Crippen molar-refractivity contribution >= 4 is 17.6 Å². The predicted octanol–water partition coefficient (Wildman–Crippen LogP) is 3.45. The molecule has 0 fully saturated rings. The summed E-state index contributed by atoms with van der Waals surface area (Å²) >= 11 is 6.18. The van der Waals surface area contributed by atoms with Crippen LogP contribution in [0.15, 0.2) is 30.3 Å². The monoisotopic (exact) mass is 284 g/mol. The third-order valence-corrected chi connectivity index (χ3v) is 3.66. The van der Waals surface area contributed by atoms with Crippen molar-refractivity contribution in [1.82, 2.24) is 0 Å². The number of aliphatic hydroxyl groups is 1. The molecule has 1 N–H and O–H groups in total. The van der Waals surface area contributed by atoms with Crippen LogP contribution >= 0.6 is 11.6 Å². The normalized spacial score (nSPS) is 15.6. The molecule has 4 heteroatoms. The lowest BCUT2D eigenvalue weighted by molar-refractivity contribution is -0.164. The zero-order chi connectivity index (χ0) is 14.3. The van der Waals surface area contributed by atoms with E-state index in [1.165, 1.54) is 6.92 Å². The number of hydrogen-bond donors (Lipinski definition) is 1. The van der Waals surface area contributed by atoms with Gasteiger partial charge in [-0.1, -0.05) is 50.1 Å². The molecule has 0 heterocycles. The van der Waals surface area contributed by atoms with E-state index in [9.17, 15) is 9.90 Å². The minimum Gasteiger partial charge on any atom is -0.464 e. The molecule has 0 spiro atoms. The van der Waals surface area contributed by atoms with Crippen LogP contribution < -0.4 is 0 Å². The Bertz CT molecular complexity index is 390. The summed E-state index contributed by atoms with van der Waals surface area (Å²) in [5.41, 5.74) is -1.03. The van der Waals surface area contributed by atoms with E-state index < -0.39 is 16.9 Å². The van der Waals surface area contributed by atoms with Crippen molar-refractivity contribution in [2.75, 3.05) is 6.61 Å². The molecule has 0 aliphatic heterocycles. The number of benzene rings is 1. The van der Waals surface area contributed by atoms with Gasteiger partial charge < -0.3 is 9.84 Å². The van der Waals surface area contributed by atoms with E-state index >= 15 is 0 Å². The standard InChI is InChI=1S/C15H21ClO3/c1-3-4-8-11-19-14(17)15(2,18)13(16)12-9-6-5-7-10-12/h5-7,9-10,13,18H,3-4,8,11H2,1-2H3/t13-,15+/m0/s1. The molecule has 0 aromatic heterocycles. The van der Waals surface area contributed by atoms with Gasteiger partial charge in [0.15, 0.2) is 5.60 Å². The summed E-state index contributed by atoms with van der Waals surface area (Å²) < 4.78 is 5.08. The molecule has 0 saturated carbocycles. The molecule has 0 aliphatic carbocycles. The summed E-state index contributed by atoms with van der Waals surface area (Å²) in [4.78, 5) is 11.9. The SMILES string of the molecule is CCCCCOC(=O)[C@](C)(O)[C@@H](Cl)c1ccccc1. The quantitative estimate of drug-likeness (QED) is 0.474. The van der Waals surface area contributed by atoms with E-state index in [2.05, 4.69) is 6.92 Å². The summed E-state index contributed by atoms with van der Waals surface area (Å²) in [6.45, 7) is 3.78. The molecule has 1 aromatic rings. The van der Waals surface area contributed by atoms with E-state index in [-0.39, 0.29) is 0 Å². The Kier molecular flexibility index (Phi) is 6.32. The highest BCUT2D eigenvalue weighted by Gasteiger charge is 2.40. The number of carbonyl (C=O) groups is 1. The Morgan fingerprint density at radius 3 is 2.58 bits per heavy atom. The molecular formula is C15H21ClO3. The molecule has 0 amide bonds. The van der Waals surface area contributed by atoms with Crippen molar-refractivity contribution in [3.63, 3.8) is 0 Å². The van der Waals surface area contributed by atoms with Gasteiger partial charge in [-0.05, 0) is 18.9 Å². The summed E-state index contributed by atoms with van der Waals surface area (Å²) in [5.74, 6) is -0.674. The fourth-order valence-corrected chi connectivity index (χ4v) is 1.95. The number of unbranched alkanes of at least 4 members (excludes halogenated alkanes) is 2. The van der Waals surface area contributed by atoms with Crippen LogP contribution in [0.5, 0.6) is 0 Å². The number of esters is 1. The zero-order valence-electron chi connectivity index (χ0n) is 11.4. The van der Waals surface area contributed by atoms with Gasteiger partial charge >= 0.3 is 5.97 Å². The number of alkyl halides is 1. The second-order valence-electron chi connectivity index (χ2n) is 4.76. The van der Waals surface area contributed by atoms with E-state index in [1.54, 1.807) is 12.1 Å². The first-order valence-electron chi connectivity index (χ1n) is 6.58. The van der Waals surface area contributed by atoms with Crippen molar-refractivity contribution in [3.8, 4) is 0 Å². The van der Waals surface area contributed by atoms with E-state index in [1.807, 2.05) is 18.2 Å². The molecule has 0 radical (unpaired) electrons. The summed E-state index contributed by atoms with van der Waals surface area (Å²) in [7, 11) is 0. The largest absolute Gasteiger partial charge is 0.464 e. The lowest BCUT2D eigenvalue weighted by Crippen LogP contribution is -2.41. The second kappa shape index (κ2) is 7.51. The molecular weight excluding hydrogens is 264 g/mol. The van der Waals surface area contributed by atoms with Gasteiger partial charge in [-0.25, -0.2) is 4.79 Å². The minimum atomic E-state index is -1.73. The van der Waals surface area contributed by atoms with E-state index in [0.29, 0.717) is 12.2 Å². The molecule has 0 aliphatic rings. The van der Waals surface area contributed by atoms with Crippen LogP contribution in [0.25, 0.3) is 0 Å². The van der Waals surface area contributed by atoms with Crippen molar-refractivity contribution in [1.29, 1.82) is 0 Å². The first kappa shape index (κ1) is 16.0. The Balaban J connectivity index is 2.61. The van der Waals surface area contributed by atoms with Crippen LogP contribution in [-0.2, 0) is 9.53 Å². The molecule has 19 heavy (non-hydrogen) atoms. The first-order valence-corrected chi connectivity index (χ1v) is 7.02. The van der Waals surface area contributed by atoms with Crippen molar-refractivity contribution in [3.05, 3.63) is 35.9 Å². The van der Waals surface area contributed by atoms with Gasteiger partial charge in [0.2, 0.25) is 0 Å². The van der Waals surface area contributed by atoms with Gasteiger partial charge in [0.1, 0.15) is 0 Å². The lowest BCUT2D eigenvalue weighted by Gasteiger charge is -2.26. The lowest BCUT2D eigenvalue weighted by atomic mass is 9.96. The highest BCUT2D eigenvalue weighted by Crippen LogP contribution is 2.33. The van der Waals surface area contributed by atoms with Crippen LogP contribution in [-0.4, -0.2) is 23.3 Å². The minimum absolute atomic E-state index is 0.321. The highest BCUT2D eigenvalue weighted by atomic mass is 35.5. The van der Waals surface area contributed by atoms with E-state index in [0.717, 1.165) is 19.3 Å². The number of hydrogen-bond acceptors (Lipinski definition) is 3. The van der Waals surface area contributed by atoms with Gasteiger partial charge in [0, 0.05) is 0 Å². The Morgan fingerprint density at radius 1 is 1.37 bits per heavy atom. The average Bonchev–Trinajstić information content (AvgIpc) is 2.43. The third kappa shape index (κ3) is 4.51. The fourth-order valence-electron chi connectivity index (χ4n) is 1.71. The molecule has 1 aromatic carbocycles. The van der Waals surface area contributed by atoms with Crippen LogP contribution in [0.2, 0.25) is 0 Å². The molecule has 106 valence electrons. The molecule has 2 atom stereocenters. The zero-order valence-corrected chi connectivity index (χ0v) is 12.2. The second-order valence-corrected chi connectivity index (χ2v) is 5.20. The number of halogens is 1. The molecule has 3 nitrogen and oxygen atoms in total. The maximum atomic E-state index is 11.9. The highest BCUT2D eigenvalue weighted by molar-refractivity contribution is 6.23. The van der Waals surface area contributed by atoms with E-state index in [4.69, 9.17) is 16.3 Å². The fraction of sp³-hybridized carbons (Fsp3) is 0.533. The number of rotatable bonds is 7. The summed E-state index contributed by atoms with van der Waals surface area (Å²) in [6.07, 6.45) is 2.85. The Morgan fingerprint density at radius 2 is 2.00 bits per heavy atom. The van der Waals surface area contributed by atoms with Crippen LogP contribution in [0.4, 0.5) is 0 Å². The first-order chi connectivity index (χ1) is 9.00. The number of carbonyl (C=O) groups excluding carboxylic acids is 1. The molecule has 0 bridgehead atoms. The van der Waals surface area contributed by atoms with Crippen molar-refractivity contribution < 1.29 is 14.6 Å².